The number of amides is 1. The summed E-state index contributed by atoms with van der Waals surface area (Å²) in [6.45, 7) is 0.385. The Morgan fingerprint density at radius 2 is 1.80 bits per heavy atom. The van der Waals surface area contributed by atoms with Crippen LogP contribution in [0.5, 0.6) is 0 Å². The topological polar surface area (TPSA) is 61.4 Å². The highest BCUT2D eigenvalue weighted by Gasteiger charge is 2.32. The molecule has 25 heavy (non-hydrogen) atoms. The molecule has 0 aliphatic heterocycles. The fraction of sp³-hybridized carbons (Fsp3) is 0.611. The number of hydrogen-bond donors (Lipinski definition) is 3. The summed E-state index contributed by atoms with van der Waals surface area (Å²) in [5, 5.41) is 15.2. The van der Waals surface area contributed by atoms with E-state index in [9.17, 15) is 23.1 Å². The van der Waals surface area contributed by atoms with E-state index in [1.165, 1.54) is 12.1 Å². The van der Waals surface area contributed by atoms with E-state index in [1.54, 1.807) is 6.07 Å². The number of benzene rings is 1. The summed E-state index contributed by atoms with van der Waals surface area (Å²) in [4.78, 5) is 11.9. The Kier molecular flexibility index (Phi) is 7.11. The number of rotatable bonds is 7. The Bertz CT molecular complexity index is 555. The third-order valence-corrected chi connectivity index (χ3v) is 4.44. The van der Waals surface area contributed by atoms with Crippen LogP contribution in [-0.4, -0.2) is 29.7 Å². The maximum absolute atomic E-state index is 12.9. The highest BCUT2D eigenvalue weighted by Crippen LogP contribution is 2.34. The number of alkyl halides is 3. The molecule has 0 heterocycles. The van der Waals surface area contributed by atoms with Gasteiger partial charge >= 0.3 is 6.18 Å². The molecule has 1 aliphatic rings. The zero-order chi connectivity index (χ0) is 18.3. The Morgan fingerprint density at radius 1 is 1.12 bits per heavy atom. The minimum absolute atomic E-state index is 0.0305. The van der Waals surface area contributed by atoms with E-state index < -0.39 is 11.7 Å². The van der Waals surface area contributed by atoms with E-state index in [4.69, 9.17) is 0 Å². The second kappa shape index (κ2) is 9.08. The van der Waals surface area contributed by atoms with E-state index in [1.807, 2.05) is 0 Å². The lowest BCUT2D eigenvalue weighted by Gasteiger charge is -2.26. The Labute approximate surface area is 145 Å². The molecule has 0 unspecified atom stereocenters. The first kappa shape index (κ1) is 19.6. The number of aliphatic hydroxyl groups excluding tert-OH is 1. The third kappa shape index (κ3) is 6.57. The largest absolute Gasteiger partial charge is 0.418 e. The molecular formula is C18H25F3N2O2. The molecular weight excluding hydrogens is 333 g/mol. The normalized spacial score (nSPS) is 21.0. The molecule has 0 atom stereocenters. The van der Waals surface area contributed by atoms with Crippen LogP contribution in [0, 0.1) is 0 Å². The monoisotopic (exact) mass is 358 g/mol. The fourth-order valence-corrected chi connectivity index (χ4v) is 3.04. The number of nitrogens with one attached hydrogen (secondary N) is 2. The van der Waals surface area contributed by atoms with Crippen molar-refractivity contribution in [1.82, 2.24) is 5.32 Å². The van der Waals surface area contributed by atoms with Crippen LogP contribution in [0.3, 0.4) is 0 Å². The summed E-state index contributed by atoms with van der Waals surface area (Å²) in [5.74, 6) is -0.0305. The molecule has 0 radical (unpaired) electrons. The highest BCUT2D eigenvalue weighted by molar-refractivity contribution is 5.76. The maximum Gasteiger partial charge on any atom is 0.418 e. The van der Waals surface area contributed by atoms with Crippen LogP contribution in [0.4, 0.5) is 18.9 Å². The minimum atomic E-state index is -4.38. The SMILES string of the molecule is O=C(CCCCNc1ccccc1C(F)(F)F)NC1CCC(O)CC1. The van der Waals surface area contributed by atoms with Crippen molar-refractivity contribution in [3.05, 3.63) is 29.8 Å². The summed E-state index contributed by atoms with van der Waals surface area (Å²) < 4.78 is 38.6. The van der Waals surface area contributed by atoms with Crippen LogP contribution in [-0.2, 0) is 11.0 Å². The van der Waals surface area contributed by atoms with Crippen molar-refractivity contribution < 1.29 is 23.1 Å². The van der Waals surface area contributed by atoms with Gasteiger partial charge in [-0.2, -0.15) is 13.2 Å². The van der Waals surface area contributed by atoms with Crippen LogP contribution < -0.4 is 10.6 Å². The van der Waals surface area contributed by atoms with E-state index >= 15 is 0 Å². The van der Waals surface area contributed by atoms with Crippen molar-refractivity contribution in [3.63, 3.8) is 0 Å². The van der Waals surface area contributed by atoms with Crippen LogP contribution in [0.1, 0.15) is 50.5 Å². The van der Waals surface area contributed by atoms with Gasteiger partial charge in [0.05, 0.1) is 11.7 Å². The lowest BCUT2D eigenvalue weighted by atomic mass is 9.93. The highest BCUT2D eigenvalue weighted by atomic mass is 19.4. The molecule has 1 aromatic rings. The van der Waals surface area contributed by atoms with Crippen LogP contribution in [0.25, 0.3) is 0 Å². The molecule has 0 aromatic heterocycles. The van der Waals surface area contributed by atoms with Crippen molar-refractivity contribution in [2.24, 2.45) is 0 Å². The van der Waals surface area contributed by atoms with Crippen molar-refractivity contribution in [3.8, 4) is 0 Å². The van der Waals surface area contributed by atoms with Gasteiger partial charge in [0.15, 0.2) is 0 Å². The van der Waals surface area contributed by atoms with Crippen LogP contribution in [0.15, 0.2) is 24.3 Å². The first-order valence-corrected chi connectivity index (χ1v) is 8.74. The van der Waals surface area contributed by atoms with Crippen molar-refractivity contribution >= 4 is 11.6 Å². The summed E-state index contributed by atoms with van der Waals surface area (Å²) in [7, 11) is 0. The van der Waals surface area contributed by atoms with Gasteiger partial charge in [0, 0.05) is 24.7 Å². The molecule has 140 valence electrons. The molecule has 1 aliphatic carbocycles. The summed E-state index contributed by atoms with van der Waals surface area (Å²) in [5.41, 5.74) is -0.604. The Balaban J connectivity index is 1.64. The second-order valence-corrected chi connectivity index (χ2v) is 6.50. The number of halogens is 3. The lowest BCUT2D eigenvalue weighted by Crippen LogP contribution is -2.38. The molecule has 0 spiro atoms. The summed E-state index contributed by atoms with van der Waals surface area (Å²) in [6, 6.07) is 5.52. The van der Waals surface area contributed by atoms with Crippen molar-refractivity contribution in [2.45, 2.75) is 63.3 Å². The molecule has 7 heteroatoms. The first-order chi connectivity index (χ1) is 11.9. The standard InChI is InChI=1S/C18H25F3N2O2/c19-18(20,21)15-5-1-2-6-16(15)22-12-4-3-7-17(25)23-13-8-10-14(24)11-9-13/h1-2,5-6,13-14,22,24H,3-4,7-12H2,(H,23,25). The number of carbonyl (C=O) groups excluding carboxylic acids is 1. The number of para-hydroxylation sites is 1. The third-order valence-electron chi connectivity index (χ3n) is 4.44. The zero-order valence-electron chi connectivity index (χ0n) is 14.1. The van der Waals surface area contributed by atoms with Gasteiger partial charge in [-0.1, -0.05) is 12.1 Å². The Morgan fingerprint density at radius 3 is 2.48 bits per heavy atom. The zero-order valence-corrected chi connectivity index (χ0v) is 14.1. The van der Waals surface area contributed by atoms with Gasteiger partial charge in [-0.05, 0) is 50.7 Å². The molecule has 1 amide bonds. The molecule has 1 fully saturated rings. The van der Waals surface area contributed by atoms with Gasteiger partial charge in [0.2, 0.25) is 5.91 Å². The van der Waals surface area contributed by atoms with Crippen molar-refractivity contribution in [1.29, 1.82) is 0 Å². The quantitative estimate of drug-likeness (QED) is 0.651. The number of carbonyl (C=O) groups is 1. The molecule has 4 nitrogen and oxygen atoms in total. The summed E-state index contributed by atoms with van der Waals surface area (Å²) >= 11 is 0. The maximum atomic E-state index is 12.9. The molecule has 0 saturated heterocycles. The number of anilines is 1. The molecule has 3 N–H and O–H groups in total. The van der Waals surface area contributed by atoms with E-state index in [2.05, 4.69) is 10.6 Å². The van der Waals surface area contributed by atoms with Gasteiger partial charge in [0.1, 0.15) is 0 Å². The van der Waals surface area contributed by atoms with Gasteiger partial charge in [0.25, 0.3) is 0 Å². The van der Waals surface area contributed by atoms with Gasteiger partial charge in [-0.15, -0.1) is 0 Å². The molecule has 0 bridgehead atoms. The van der Waals surface area contributed by atoms with Gasteiger partial charge in [-0.25, -0.2) is 0 Å². The van der Waals surface area contributed by atoms with Crippen molar-refractivity contribution in [2.75, 3.05) is 11.9 Å². The Hall–Kier alpha value is -1.76. The second-order valence-electron chi connectivity index (χ2n) is 6.50. The number of aliphatic hydroxyl groups is 1. The van der Waals surface area contributed by atoms with Crippen LogP contribution >= 0.6 is 0 Å². The smallest absolute Gasteiger partial charge is 0.393 e. The fourth-order valence-electron chi connectivity index (χ4n) is 3.04. The number of unbranched alkanes of at least 4 members (excludes halogenated alkanes) is 1. The molecule has 1 saturated carbocycles. The summed E-state index contributed by atoms with van der Waals surface area (Å²) in [6.07, 6.45) is -0.0186. The predicted molar refractivity (Wildman–Crippen MR) is 90.2 cm³/mol. The number of hydrogen-bond acceptors (Lipinski definition) is 3. The minimum Gasteiger partial charge on any atom is -0.393 e. The van der Waals surface area contributed by atoms with E-state index in [0.29, 0.717) is 38.6 Å². The van der Waals surface area contributed by atoms with E-state index in [-0.39, 0.29) is 23.7 Å². The first-order valence-electron chi connectivity index (χ1n) is 8.74. The van der Waals surface area contributed by atoms with Gasteiger partial charge < -0.3 is 15.7 Å². The predicted octanol–water partition coefficient (Wildman–Crippen LogP) is 3.71. The van der Waals surface area contributed by atoms with E-state index in [0.717, 1.165) is 18.9 Å². The molecule has 2 rings (SSSR count). The lowest BCUT2D eigenvalue weighted by molar-refractivity contribution is -0.137. The average molecular weight is 358 g/mol. The molecule has 1 aromatic carbocycles. The van der Waals surface area contributed by atoms with Gasteiger partial charge in [-0.3, -0.25) is 4.79 Å². The van der Waals surface area contributed by atoms with Crippen LogP contribution in [0.2, 0.25) is 0 Å². The average Bonchev–Trinajstić information content (AvgIpc) is 2.56.